The lowest BCUT2D eigenvalue weighted by Crippen LogP contribution is -2.09. The molecule has 0 saturated heterocycles. The molecule has 0 fully saturated rings. The van der Waals surface area contributed by atoms with Crippen molar-refractivity contribution >= 4 is 0 Å². The van der Waals surface area contributed by atoms with Gasteiger partial charge in [-0.1, -0.05) is 67.4 Å². The summed E-state index contributed by atoms with van der Waals surface area (Å²) in [4.78, 5) is 0. The van der Waals surface area contributed by atoms with Crippen molar-refractivity contribution in [3.8, 4) is 0 Å². The van der Waals surface area contributed by atoms with Crippen molar-refractivity contribution in [3.63, 3.8) is 0 Å². The Labute approximate surface area is 122 Å². The molecule has 0 heterocycles. The maximum atomic E-state index is 5.82. The van der Waals surface area contributed by atoms with Gasteiger partial charge in [-0.2, -0.15) is 0 Å². The van der Waals surface area contributed by atoms with Crippen LogP contribution in [0, 0.1) is 6.92 Å². The van der Waals surface area contributed by atoms with E-state index in [-0.39, 0.29) is 0 Å². The van der Waals surface area contributed by atoms with Gasteiger partial charge in [-0.25, -0.2) is 0 Å². The second-order valence-electron chi connectivity index (χ2n) is 5.54. The van der Waals surface area contributed by atoms with Gasteiger partial charge in [0.2, 0.25) is 0 Å². The van der Waals surface area contributed by atoms with Gasteiger partial charge in [-0.3, -0.25) is 0 Å². The van der Waals surface area contributed by atoms with Crippen LogP contribution in [-0.2, 0) is 6.42 Å². The van der Waals surface area contributed by atoms with E-state index in [1.807, 2.05) is 0 Å². The largest absolute Gasteiger partial charge is 0.330 e. The second kappa shape index (κ2) is 7.25. The first-order valence-electron chi connectivity index (χ1n) is 7.60. The summed E-state index contributed by atoms with van der Waals surface area (Å²) < 4.78 is 0. The summed E-state index contributed by atoms with van der Waals surface area (Å²) in [7, 11) is 0. The number of hydrogen-bond donors (Lipinski definition) is 1. The number of aryl methyl sites for hydroxylation is 2. The van der Waals surface area contributed by atoms with Crippen molar-refractivity contribution in [2.75, 3.05) is 6.54 Å². The smallest absolute Gasteiger partial charge is 0.0101 e. The van der Waals surface area contributed by atoms with Crippen LogP contribution in [0.3, 0.4) is 0 Å². The third-order valence-corrected chi connectivity index (χ3v) is 3.82. The Hall–Kier alpha value is -1.60. The Kier molecular flexibility index (Phi) is 5.37. The molecule has 1 unspecified atom stereocenters. The monoisotopic (exact) mass is 267 g/mol. The molecule has 2 rings (SSSR count). The predicted molar refractivity (Wildman–Crippen MR) is 87.1 cm³/mol. The second-order valence-corrected chi connectivity index (χ2v) is 5.54. The van der Waals surface area contributed by atoms with Crippen LogP contribution in [0.2, 0.25) is 0 Å². The maximum Gasteiger partial charge on any atom is 0.0101 e. The van der Waals surface area contributed by atoms with E-state index in [4.69, 9.17) is 5.73 Å². The Bertz CT molecular complexity index is 528. The van der Waals surface area contributed by atoms with E-state index >= 15 is 0 Å². The molecule has 2 aromatic carbocycles. The predicted octanol–water partition coefficient (Wildman–Crippen LogP) is 4.43. The van der Waals surface area contributed by atoms with Gasteiger partial charge in [0, 0.05) is 5.92 Å². The molecule has 20 heavy (non-hydrogen) atoms. The average Bonchev–Trinajstić information content (AvgIpc) is 2.46. The Morgan fingerprint density at radius 1 is 1.00 bits per heavy atom. The molecule has 0 saturated carbocycles. The average molecular weight is 267 g/mol. The van der Waals surface area contributed by atoms with E-state index in [9.17, 15) is 0 Å². The van der Waals surface area contributed by atoms with Crippen molar-refractivity contribution in [1.82, 2.24) is 0 Å². The molecule has 2 N–H and O–H groups in total. The fraction of sp³-hybridized carbons (Fsp3) is 0.368. The molecule has 0 aliphatic carbocycles. The lowest BCUT2D eigenvalue weighted by atomic mass is 9.87. The van der Waals surface area contributed by atoms with Crippen molar-refractivity contribution in [2.45, 2.75) is 39.0 Å². The summed E-state index contributed by atoms with van der Waals surface area (Å²) >= 11 is 0. The van der Waals surface area contributed by atoms with Crippen LogP contribution in [0.25, 0.3) is 0 Å². The maximum absolute atomic E-state index is 5.82. The molecule has 0 radical (unpaired) electrons. The van der Waals surface area contributed by atoms with Gasteiger partial charge in [-0.15, -0.1) is 0 Å². The van der Waals surface area contributed by atoms with Gasteiger partial charge in [0.05, 0.1) is 0 Å². The first kappa shape index (κ1) is 14.8. The molecule has 1 nitrogen and oxygen atoms in total. The quantitative estimate of drug-likeness (QED) is 0.823. The minimum Gasteiger partial charge on any atom is -0.330 e. The van der Waals surface area contributed by atoms with Gasteiger partial charge >= 0.3 is 0 Å². The van der Waals surface area contributed by atoms with Gasteiger partial charge in [0.25, 0.3) is 0 Å². The zero-order chi connectivity index (χ0) is 14.4. The normalized spacial score (nSPS) is 12.3. The van der Waals surface area contributed by atoms with E-state index < -0.39 is 0 Å². The summed E-state index contributed by atoms with van der Waals surface area (Å²) in [6.07, 6.45) is 3.35. The van der Waals surface area contributed by atoms with Crippen molar-refractivity contribution in [3.05, 3.63) is 70.8 Å². The summed E-state index contributed by atoms with van der Waals surface area (Å²) in [5.74, 6) is 0.413. The van der Waals surface area contributed by atoms with E-state index in [0.29, 0.717) is 5.92 Å². The van der Waals surface area contributed by atoms with Crippen LogP contribution in [0.1, 0.15) is 47.9 Å². The van der Waals surface area contributed by atoms with Gasteiger partial charge < -0.3 is 5.73 Å². The first-order valence-corrected chi connectivity index (χ1v) is 7.60. The molecule has 0 spiro atoms. The lowest BCUT2D eigenvalue weighted by molar-refractivity contribution is 0.725. The van der Waals surface area contributed by atoms with E-state index in [1.165, 1.54) is 28.7 Å². The number of rotatable bonds is 6. The molecule has 1 atom stereocenters. The standard InChI is InChI=1S/C19H25N/c1-3-5-16-8-10-17(11-9-16)19(12-13-20)18-7-4-6-15(2)14-18/h4,6-11,14,19H,3,5,12-13,20H2,1-2H3. The molecular formula is C19H25N. The van der Waals surface area contributed by atoms with E-state index in [1.54, 1.807) is 0 Å². The molecule has 0 aliphatic rings. The SMILES string of the molecule is CCCc1ccc(C(CCN)c2cccc(C)c2)cc1. The summed E-state index contributed by atoms with van der Waals surface area (Å²) in [5, 5.41) is 0. The van der Waals surface area contributed by atoms with Crippen molar-refractivity contribution < 1.29 is 0 Å². The zero-order valence-corrected chi connectivity index (χ0v) is 12.6. The van der Waals surface area contributed by atoms with Crippen molar-refractivity contribution in [1.29, 1.82) is 0 Å². The molecule has 2 aromatic rings. The molecular weight excluding hydrogens is 242 g/mol. The Morgan fingerprint density at radius 2 is 1.75 bits per heavy atom. The molecule has 0 amide bonds. The Balaban J connectivity index is 2.28. The third-order valence-electron chi connectivity index (χ3n) is 3.82. The van der Waals surface area contributed by atoms with Crippen LogP contribution < -0.4 is 5.73 Å². The molecule has 106 valence electrons. The fourth-order valence-electron chi connectivity index (χ4n) is 2.78. The van der Waals surface area contributed by atoms with Crippen molar-refractivity contribution in [2.24, 2.45) is 5.73 Å². The summed E-state index contributed by atoms with van der Waals surface area (Å²) in [6.45, 7) is 5.08. The molecule has 0 bridgehead atoms. The van der Waals surface area contributed by atoms with E-state index in [0.717, 1.165) is 19.4 Å². The van der Waals surface area contributed by atoms with Crippen LogP contribution >= 0.6 is 0 Å². The first-order chi connectivity index (χ1) is 9.74. The minimum absolute atomic E-state index is 0.413. The van der Waals surface area contributed by atoms with Crippen LogP contribution in [-0.4, -0.2) is 6.54 Å². The minimum atomic E-state index is 0.413. The highest BCUT2D eigenvalue weighted by Crippen LogP contribution is 2.28. The highest BCUT2D eigenvalue weighted by molar-refractivity contribution is 5.36. The van der Waals surface area contributed by atoms with Gasteiger partial charge in [0.15, 0.2) is 0 Å². The number of hydrogen-bond acceptors (Lipinski definition) is 1. The fourth-order valence-corrected chi connectivity index (χ4v) is 2.78. The number of benzene rings is 2. The van der Waals surface area contributed by atoms with Crippen LogP contribution in [0.15, 0.2) is 48.5 Å². The molecule has 1 heteroatoms. The number of nitrogens with two attached hydrogens (primary N) is 1. The zero-order valence-electron chi connectivity index (χ0n) is 12.6. The van der Waals surface area contributed by atoms with Gasteiger partial charge in [0.1, 0.15) is 0 Å². The summed E-state index contributed by atoms with van der Waals surface area (Å²) in [5.41, 5.74) is 11.3. The van der Waals surface area contributed by atoms with Crippen LogP contribution in [0.4, 0.5) is 0 Å². The van der Waals surface area contributed by atoms with E-state index in [2.05, 4.69) is 62.4 Å². The van der Waals surface area contributed by atoms with Crippen LogP contribution in [0.5, 0.6) is 0 Å². The Morgan fingerprint density at radius 3 is 2.35 bits per heavy atom. The topological polar surface area (TPSA) is 26.0 Å². The highest BCUT2D eigenvalue weighted by atomic mass is 14.5. The van der Waals surface area contributed by atoms with Gasteiger partial charge in [-0.05, 0) is 43.0 Å². The third kappa shape index (κ3) is 3.71. The lowest BCUT2D eigenvalue weighted by Gasteiger charge is -2.18. The molecule has 0 aromatic heterocycles. The summed E-state index contributed by atoms with van der Waals surface area (Å²) in [6, 6.07) is 17.8. The highest BCUT2D eigenvalue weighted by Gasteiger charge is 2.13. The molecule has 0 aliphatic heterocycles.